The Morgan fingerprint density at radius 2 is 1.81 bits per heavy atom. The average molecular weight is 471 g/mol. The molecule has 2 aliphatic rings. The molecule has 2 amide bonds. The summed E-state index contributed by atoms with van der Waals surface area (Å²) in [4.78, 5) is 34.3. The summed E-state index contributed by atoms with van der Waals surface area (Å²) in [5, 5.41) is 2.47. The molecule has 2 fully saturated rings. The molecule has 1 aromatic carbocycles. The van der Waals surface area contributed by atoms with E-state index in [2.05, 4.69) is 9.80 Å². The summed E-state index contributed by atoms with van der Waals surface area (Å²) in [5.74, 6) is 0.643. The van der Waals surface area contributed by atoms with Crippen molar-refractivity contribution in [3.05, 3.63) is 28.2 Å². The number of carbonyl (C=O) groups excluding carboxylic acids is 2. The molecule has 1 saturated carbocycles. The molecular weight excluding hydrogens is 439 g/mol. The Bertz CT molecular complexity index is 748. The van der Waals surface area contributed by atoms with Crippen LogP contribution in [0.2, 0.25) is 10.0 Å². The summed E-state index contributed by atoms with van der Waals surface area (Å²) in [6, 6.07) is 5.47. The number of halogens is 2. The third-order valence-electron chi connectivity index (χ3n) is 6.37. The summed E-state index contributed by atoms with van der Waals surface area (Å²) in [7, 11) is 3.32. The summed E-state index contributed by atoms with van der Waals surface area (Å²) in [6.07, 6.45) is 4.96. The molecule has 1 saturated heterocycles. The highest BCUT2D eigenvalue weighted by Gasteiger charge is 2.31. The number of rotatable bonds is 7. The van der Waals surface area contributed by atoms with E-state index in [1.165, 1.54) is 9.96 Å². The maximum atomic E-state index is 12.3. The Hall–Kier alpha value is -1.70. The normalized spacial score (nSPS) is 22.1. The molecule has 3 rings (SSSR count). The van der Waals surface area contributed by atoms with Gasteiger partial charge in [0.25, 0.3) is 0 Å². The Labute approximate surface area is 194 Å². The van der Waals surface area contributed by atoms with Gasteiger partial charge in [-0.15, -0.1) is 0 Å². The molecule has 0 N–H and O–H groups in total. The van der Waals surface area contributed by atoms with E-state index in [4.69, 9.17) is 28.0 Å². The van der Waals surface area contributed by atoms with Gasteiger partial charge < -0.3 is 14.6 Å². The molecule has 1 aromatic rings. The Kier molecular flexibility index (Phi) is 8.69. The lowest BCUT2D eigenvalue weighted by atomic mass is 9.84. The van der Waals surface area contributed by atoms with E-state index < -0.39 is 0 Å². The maximum absolute atomic E-state index is 12.3. The lowest BCUT2D eigenvalue weighted by Crippen LogP contribution is -2.48. The summed E-state index contributed by atoms with van der Waals surface area (Å²) in [6.45, 7) is 5.32. The van der Waals surface area contributed by atoms with Crippen molar-refractivity contribution in [3.63, 3.8) is 0 Å². The van der Waals surface area contributed by atoms with E-state index in [1.807, 2.05) is 18.2 Å². The number of hydrogen-bond acceptors (Lipinski definition) is 5. The number of amides is 2. The molecular formula is C22H32Cl2N4O3. The third-order valence-corrected chi connectivity index (χ3v) is 7.18. The SMILES string of the molecule is CN(C)C(=O)N(OC=O)C1CCC(CCN2CCN(c3cccc(Cl)c3Cl)CC2)CC1. The fourth-order valence-corrected chi connectivity index (χ4v) is 4.93. The van der Waals surface area contributed by atoms with Crippen molar-refractivity contribution >= 4 is 41.4 Å². The van der Waals surface area contributed by atoms with Gasteiger partial charge in [0.15, 0.2) is 0 Å². The first-order chi connectivity index (χ1) is 14.9. The van der Waals surface area contributed by atoms with Crippen LogP contribution >= 0.6 is 23.2 Å². The zero-order valence-corrected chi connectivity index (χ0v) is 19.8. The second-order valence-corrected chi connectivity index (χ2v) is 9.35. The van der Waals surface area contributed by atoms with Gasteiger partial charge in [0.1, 0.15) is 0 Å². The van der Waals surface area contributed by atoms with Gasteiger partial charge in [-0.25, -0.2) is 4.79 Å². The smallest absolute Gasteiger partial charge is 0.352 e. The van der Waals surface area contributed by atoms with E-state index in [0.29, 0.717) is 22.4 Å². The number of nitrogens with zero attached hydrogens (tertiary/aromatic N) is 4. The molecule has 9 heteroatoms. The first-order valence-corrected chi connectivity index (χ1v) is 11.7. The number of benzene rings is 1. The molecule has 172 valence electrons. The molecule has 0 unspecified atom stereocenters. The molecule has 0 radical (unpaired) electrons. The van der Waals surface area contributed by atoms with Gasteiger partial charge >= 0.3 is 12.5 Å². The highest BCUT2D eigenvalue weighted by atomic mass is 35.5. The standard InChI is InChI=1S/C22H32Cl2N4O3/c1-25(2)22(30)28(31-16-29)18-8-6-17(7-9-18)10-11-26-12-14-27(15-13-26)20-5-3-4-19(23)21(20)24/h3-5,16-18H,6-15H2,1-2H3. The second kappa shape index (κ2) is 11.2. The van der Waals surface area contributed by atoms with E-state index >= 15 is 0 Å². The second-order valence-electron chi connectivity index (χ2n) is 8.57. The molecule has 0 bridgehead atoms. The van der Waals surface area contributed by atoms with Crippen LogP contribution in [-0.2, 0) is 9.63 Å². The average Bonchev–Trinajstić information content (AvgIpc) is 2.78. The minimum Gasteiger partial charge on any atom is -0.368 e. The van der Waals surface area contributed by atoms with Crippen molar-refractivity contribution in [2.24, 2.45) is 5.92 Å². The lowest BCUT2D eigenvalue weighted by molar-refractivity contribution is -0.173. The Balaban J connectivity index is 1.41. The van der Waals surface area contributed by atoms with Gasteiger partial charge in [-0.3, -0.25) is 9.69 Å². The predicted molar refractivity (Wildman–Crippen MR) is 124 cm³/mol. The van der Waals surface area contributed by atoms with Crippen molar-refractivity contribution in [1.29, 1.82) is 0 Å². The fourth-order valence-electron chi connectivity index (χ4n) is 4.51. The number of carbonyl (C=O) groups is 2. The van der Waals surface area contributed by atoms with Crippen LogP contribution in [0.15, 0.2) is 18.2 Å². The van der Waals surface area contributed by atoms with E-state index in [0.717, 1.165) is 70.5 Å². The number of hydroxylamine groups is 2. The number of anilines is 1. The first-order valence-electron chi connectivity index (χ1n) is 10.9. The number of urea groups is 1. The number of hydrogen-bond donors (Lipinski definition) is 0. The molecule has 1 heterocycles. The van der Waals surface area contributed by atoms with Crippen molar-refractivity contribution in [1.82, 2.24) is 14.9 Å². The van der Waals surface area contributed by atoms with Gasteiger partial charge in [-0.1, -0.05) is 29.3 Å². The van der Waals surface area contributed by atoms with Gasteiger partial charge in [-0.05, 0) is 56.7 Å². The Morgan fingerprint density at radius 3 is 2.42 bits per heavy atom. The molecule has 0 spiro atoms. The summed E-state index contributed by atoms with van der Waals surface area (Å²) >= 11 is 12.5. The lowest BCUT2D eigenvalue weighted by Gasteiger charge is -2.38. The van der Waals surface area contributed by atoms with Crippen LogP contribution in [0.4, 0.5) is 10.5 Å². The predicted octanol–water partition coefficient (Wildman–Crippen LogP) is 4.14. The van der Waals surface area contributed by atoms with Crippen LogP contribution in [-0.4, -0.2) is 80.2 Å². The molecule has 31 heavy (non-hydrogen) atoms. The maximum Gasteiger partial charge on any atom is 0.352 e. The third kappa shape index (κ3) is 6.18. The van der Waals surface area contributed by atoms with Crippen LogP contribution in [0.5, 0.6) is 0 Å². The van der Waals surface area contributed by atoms with Crippen molar-refractivity contribution < 1.29 is 14.4 Å². The molecule has 7 nitrogen and oxygen atoms in total. The first kappa shape index (κ1) is 24.0. The monoisotopic (exact) mass is 470 g/mol. The Morgan fingerprint density at radius 1 is 1.13 bits per heavy atom. The van der Waals surface area contributed by atoms with Crippen molar-refractivity contribution in [3.8, 4) is 0 Å². The largest absolute Gasteiger partial charge is 0.368 e. The summed E-state index contributed by atoms with van der Waals surface area (Å²) in [5.41, 5.74) is 1.02. The quantitative estimate of drug-likeness (QED) is 0.442. The van der Waals surface area contributed by atoms with E-state index in [-0.39, 0.29) is 12.1 Å². The fraction of sp³-hybridized carbons (Fsp3) is 0.636. The van der Waals surface area contributed by atoms with Crippen LogP contribution in [0, 0.1) is 5.92 Å². The molecule has 1 aliphatic heterocycles. The molecule has 0 aromatic heterocycles. The highest BCUT2D eigenvalue weighted by molar-refractivity contribution is 6.43. The highest BCUT2D eigenvalue weighted by Crippen LogP contribution is 2.33. The van der Waals surface area contributed by atoms with Crippen LogP contribution in [0.1, 0.15) is 32.1 Å². The van der Waals surface area contributed by atoms with Gasteiger partial charge in [0, 0.05) is 40.3 Å². The summed E-state index contributed by atoms with van der Waals surface area (Å²) < 4.78 is 0. The van der Waals surface area contributed by atoms with Crippen LogP contribution in [0.25, 0.3) is 0 Å². The number of piperazine rings is 1. The van der Waals surface area contributed by atoms with E-state index in [1.54, 1.807) is 14.1 Å². The van der Waals surface area contributed by atoms with E-state index in [9.17, 15) is 9.59 Å². The van der Waals surface area contributed by atoms with Crippen molar-refractivity contribution in [2.75, 3.05) is 51.7 Å². The van der Waals surface area contributed by atoms with Gasteiger partial charge in [-0.2, -0.15) is 5.06 Å². The zero-order chi connectivity index (χ0) is 22.4. The topological polar surface area (TPSA) is 56.3 Å². The molecule has 1 aliphatic carbocycles. The zero-order valence-electron chi connectivity index (χ0n) is 18.3. The van der Waals surface area contributed by atoms with Gasteiger partial charge in [0.2, 0.25) is 0 Å². The van der Waals surface area contributed by atoms with Crippen LogP contribution in [0.3, 0.4) is 0 Å². The van der Waals surface area contributed by atoms with Crippen molar-refractivity contribution in [2.45, 2.75) is 38.1 Å². The molecule has 0 atom stereocenters. The minimum atomic E-state index is -0.284. The minimum absolute atomic E-state index is 0.0395. The van der Waals surface area contributed by atoms with Gasteiger partial charge in [0.05, 0.1) is 21.8 Å². The van der Waals surface area contributed by atoms with Crippen LogP contribution < -0.4 is 4.90 Å².